The van der Waals surface area contributed by atoms with Crippen molar-refractivity contribution in [1.82, 2.24) is 9.55 Å². The summed E-state index contributed by atoms with van der Waals surface area (Å²) in [6.45, 7) is 0.870. The van der Waals surface area contributed by atoms with Gasteiger partial charge in [0, 0.05) is 6.54 Å². The van der Waals surface area contributed by atoms with Crippen LogP contribution < -0.4 is 5.73 Å². The van der Waals surface area contributed by atoms with Gasteiger partial charge in [-0.15, -0.1) is 0 Å². The summed E-state index contributed by atoms with van der Waals surface area (Å²) in [7, 11) is 0. The third-order valence-corrected chi connectivity index (χ3v) is 4.47. The van der Waals surface area contributed by atoms with Gasteiger partial charge in [0.05, 0.1) is 21.1 Å². The summed E-state index contributed by atoms with van der Waals surface area (Å²) in [4.78, 5) is 4.32. The number of unbranched alkanes of at least 4 members (excludes halogenated alkanes) is 2. The summed E-state index contributed by atoms with van der Waals surface area (Å²) in [5.41, 5.74) is 7.71. The first-order valence-electron chi connectivity index (χ1n) is 6.23. The van der Waals surface area contributed by atoms with Crippen molar-refractivity contribution in [3.05, 3.63) is 22.2 Å². The van der Waals surface area contributed by atoms with Crippen LogP contribution in [0.15, 0.2) is 12.1 Å². The van der Waals surface area contributed by atoms with Gasteiger partial charge in [-0.25, -0.2) is 4.98 Å². The van der Waals surface area contributed by atoms with Crippen LogP contribution >= 0.6 is 35.0 Å². The minimum Gasteiger partial charge on any atom is -0.369 e. The van der Waals surface area contributed by atoms with Crippen LogP contribution in [0.25, 0.3) is 11.0 Å². The Labute approximate surface area is 127 Å². The molecule has 3 nitrogen and oxygen atoms in total. The minimum absolute atomic E-state index is 0.513. The van der Waals surface area contributed by atoms with Crippen LogP contribution in [0.5, 0.6) is 0 Å². The highest BCUT2D eigenvalue weighted by atomic mass is 35.5. The van der Waals surface area contributed by atoms with Crippen LogP contribution in [0.2, 0.25) is 10.0 Å². The van der Waals surface area contributed by atoms with Crippen LogP contribution in [0.1, 0.15) is 19.3 Å². The van der Waals surface area contributed by atoms with Gasteiger partial charge in [0.1, 0.15) is 0 Å². The lowest BCUT2D eigenvalue weighted by Crippen LogP contribution is -2.03. The predicted molar refractivity (Wildman–Crippen MR) is 86.4 cm³/mol. The number of hydrogen-bond acceptors (Lipinski definition) is 3. The number of aromatic nitrogens is 2. The Morgan fingerprint density at radius 3 is 2.68 bits per heavy atom. The number of thioether (sulfide) groups is 1. The number of halogens is 2. The second kappa shape index (κ2) is 6.73. The molecule has 2 N–H and O–H groups in total. The number of imidazole rings is 1. The Bertz CT molecular complexity index is 569. The van der Waals surface area contributed by atoms with Crippen LogP contribution in [-0.4, -0.2) is 21.6 Å². The van der Waals surface area contributed by atoms with E-state index >= 15 is 0 Å². The largest absolute Gasteiger partial charge is 0.369 e. The number of anilines is 1. The standard InChI is InChI=1S/C13H17Cl2N3S/c1-19-6-4-2-3-5-18-12-8-10(15)9(14)7-11(12)17-13(18)16/h7-8H,2-6H2,1H3,(H2,16,17). The molecule has 19 heavy (non-hydrogen) atoms. The van der Waals surface area contributed by atoms with Crippen molar-refractivity contribution >= 4 is 51.9 Å². The number of benzene rings is 1. The molecular formula is C13H17Cl2N3S. The van der Waals surface area contributed by atoms with Crippen molar-refractivity contribution in [3.63, 3.8) is 0 Å². The molecule has 1 aromatic carbocycles. The van der Waals surface area contributed by atoms with Gasteiger partial charge < -0.3 is 10.3 Å². The molecule has 2 aromatic rings. The fourth-order valence-electron chi connectivity index (χ4n) is 2.07. The highest BCUT2D eigenvalue weighted by Gasteiger charge is 2.10. The monoisotopic (exact) mass is 317 g/mol. The maximum Gasteiger partial charge on any atom is 0.201 e. The smallest absolute Gasteiger partial charge is 0.201 e. The van der Waals surface area contributed by atoms with Crippen LogP contribution in [0.4, 0.5) is 5.95 Å². The topological polar surface area (TPSA) is 43.8 Å². The molecule has 6 heteroatoms. The summed E-state index contributed by atoms with van der Waals surface area (Å²) in [6, 6.07) is 3.60. The second-order valence-corrected chi connectivity index (χ2v) is 6.23. The van der Waals surface area contributed by atoms with Gasteiger partial charge in [0.15, 0.2) is 0 Å². The average Bonchev–Trinajstić information content (AvgIpc) is 2.66. The van der Waals surface area contributed by atoms with E-state index in [1.54, 1.807) is 6.07 Å². The van der Waals surface area contributed by atoms with E-state index in [4.69, 9.17) is 28.9 Å². The molecule has 0 aliphatic carbocycles. The summed E-state index contributed by atoms with van der Waals surface area (Å²) < 4.78 is 2.01. The van der Waals surface area contributed by atoms with Crippen LogP contribution in [-0.2, 0) is 6.54 Å². The first-order chi connectivity index (χ1) is 9.13. The van der Waals surface area contributed by atoms with E-state index in [0.29, 0.717) is 16.0 Å². The van der Waals surface area contributed by atoms with E-state index in [1.165, 1.54) is 18.6 Å². The second-order valence-electron chi connectivity index (χ2n) is 4.43. The summed E-state index contributed by atoms with van der Waals surface area (Å²) in [5.74, 6) is 1.74. The van der Waals surface area contributed by atoms with Crippen molar-refractivity contribution in [2.24, 2.45) is 0 Å². The Morgan fingerprint density at radius 2 is 1.95 bits per heavy atom. The third kappa shape index (κ3) is 3.50. The summed E-state index contributed by atoms with van der Waals surface area (Å²) >= 11 is 13.9. The molecule has 0 radical (unpaired) electrons. The van der Waals surface area contributed by atoms with Gasteiger partial charge >= 0.3 is 0 Å². The zero-order chi connectivity index (χ0) is 13.8. The molecule has 0 spiro atoms. The first-order valence-corrected chi connectivity index (χ1v) is 8.38. The van der Waals surface area contributed by atoms with Crippen molar-refractivity contribution in [1.29, 1.82) is 0 Å². The Hall–Kier alpha value is -0.580. The van der Waals surface area contributed by atoms with Crippen molar-refractivity contribution in [2.75, 3.05) is 17.7 Å². The van der Waals surface area contributed by atoms with E-state index < -0.39 is 0 Å². The van der Waals surface area contributed by atoms with E-state index in [1.807, 2.05) is 22.4 Å². The van der Waals surface area contributed by atoms with Gasteiger partial charge in [0.2, 0.25) is 5.95 Å². The van der Waals surface area contributed by atoms with Gasteiger partial charge in [-0.2, -0.15) is 11.8 Å². The Balaban J connectivity index is 2.13. The lowest BCUT2D eigenvalue weighted by molar-refractivity contribution is 0.621. The molecule has 0 fully saturated rings. The third-order valence-electron chi connectivity index (χ3n) is 3.05. The number of fused-ring (bicyclic) bond motifs is 1. The Morgan fingerprint density at radius 1 is 1.21 bits per heavy atom. The molecule has 1 aromatic heterocycles. The number of hydrogen-bond donors (Lipinski definition) is 1. The SMILES string of the molecule is CSCCCCCn1c(N)nc2cc(Cl)c(Cl)cc21. The van der Waals surface area contributed by atoms with Crippen LogP contribution in [0, 0.1) is 0 Å². The van der Waals surface area contributed by atoms with Gasteiger partial charge in [0.25, 0.3) is 0 Å². The molecule has 0 amide bonds. The molecule has 0 atom stereocenters. The number of nitrogens with zero attached hydrogens (tertiary/aromatic N) is 2. The molecule has 0 bridgehead atoms. The van der Waals surface area contributed by atoms with Crippen molar-refractivity contribution in [3.8, 4) is 0 Å². The molecule has 2 rings (SSSR count). The molecule has 1 heterocycles. The zero-order valence-corrected chi connectivity index (χ0v) is 13.2. The van der Waals surface area contributed by atoms with Gasteiger partial charge in [-0.1, -0.05) is 29.6 Å². The summed E-state index contributed by atoms with van der Waals surface area (Å²) in [6.07, 6.45) is 5.66. The van der Waals surface area contributed by atoms with Crippen molar-refractivity contribution in [2.45, 2.75) is 25.8 Å². The van der Waals surface area contributed by atoms with Crippen molar-refractivity contribution < 1.29 is 0 Å². The van der Waals surface area contributed by atoms with E-state index in [2.05, 4.69) is 11.2 Å². The molecule has 0 saturated carbocycles. The maximum atomic E-state index is 6.05. The van der Waals surface area contributed by atoms with Gasteiger partial charge in [-0.3, -0.25) is 0 Å². The quantitative estimate of drug-likeness (QED) is 0.800. The highest BCUT2D eigenvalue weighted by molar-refractivity contribution is 7.98. The molecular weight excluding hydrogens is 301 g/mol. The predicted octanol–water partition coefficient (Wildman–Crippen LogP) is 4.46. The maximum absolute atomic E-state index is 6.05. The fraction of sp³-hybridized carbons (Fsp3) is 0.462. The summed E-state index contributed by atoms with van der Waals surface area (Å²) in [5, 5.41) is 1.05. The molecule has 0 aliphatic rings. The number of nitrogen functional groups attached to an aromatic ring is 1. The highest BCUT2D eigenvalue weighted by Crippen LogP contribution is 2.29. The molecule has 0 aliphatic heterocycles. The van der Waals surface area contributed by atoms with E-state index in [0.717, 1.165) is 24.0 Å². The average molecular weight is 318 g/mol. The zero-order valence-electron chi connectivity index (χ0n) is 10.8. The van der Waals surface area contributed by atoms with Gasteiger partial charge in [-0.05, 0) is 37.0 Å². The lowest BCUT2D eigenvalue weighted by Gasteiger charge is -2.06. The van der Waals surface area contributed by atoms with Crippen LogP contribution in [0.3, 0.4) is 0 Å². The molecule has 104 valence electrons. The van der Waals surface area contributed by atoms with E-state index in [9.17, 15) is 0 Å². The Kier molecular flexibility index (Phi) is 5.25. The molecule has 0 saturated heterocycles. The fourth-order valence-corrected chi connectivity index (χ4v) is 2.88. The lowest BCUT2D eigenvalue weighted by atomic mass is 10.2. The number of aryl methyl sites for hydroxylation is 1. The number of rotatable bonds is 6. The minimum atomic E-state index is 0.513. The first kappa shape index (κ1) is 14.8. The normalized spacial score (nSPS) is 11.3. The number of nitrogens with two attached hydrogens (primary N) is 1. The molecule has 0 unspecified atom stereocenters. The van der Waals surface area contributed by atoms with E-state index in [-0.39, 0.29) is 0 Å².